The lowest BCUT2D eigenvalue weighted by Gasteiger charge is -2.25. The van der Waals surface area contributed by atoms with Crippen molar-refractivity contribution in [3.05, 3.63) is 87.8 Å². The number of hydrogen-bond acceptors (Lipinski definition) is 5. The maximum absolute atomic E-state index is 13.1. The van der Waals surface area contributed by atoms with Crippen LogP contribution in [0.5, 0.6) is 5.75 Å². The standard InChI is InChI=1S/C24H20ClNO5/c1-13-6-4-7-17(14(13)2)26-21(19-8-5-11-31-19)20(23(28)24(26)29)22(27)15-9-10-18(30-3)16(25)12-15/h4-12,21,27H,1-3H3/b22-20-. The highest BCUT2D eigenvalue weighted by Gasteiger charge is 2.48. The summed E-state index contributed by atoms with van der Waals surface area (Å²) < 4.78 is 10.7. The molecule has 0 saturated carbocycles. The van der Waals surface area contributed by atoms with Crippen molar-refractivity contribution >= 4 is 34.7 Å². The number of furan rings is 1. The van der Waals surface area contributed by atoms with Gasteiger partial charge in [-0.15, -0.1) is 0 Å². The van der Waals surface area contributed by atoms with Crippen molar-refractivity contribution in [1.82, 2.24) is 0 Å². The number of ether oxygens (including phenoxy) is 1. The summed E-state index contributed by atoms with van der Waals surface area (Å²) in [5.74, 6) is -1.09. The predicted octanol–water partition coefficient (Wildman–Crippen LogP) is 5.18. The number of benzene rings is 2. The van der Waals surface area contributed by atoms with Gasteiger partial charge < -0.3 is 14.3 Å². The summed E-state index contributed by atoms with van der Waals surface area (Å²) in [5, 5.41) is 11.4. The monoisotopic (exact) mass is 437 g/mol. The Hall–Kier alpha value is -3.51. The van der Waals surface area contributed by atoms with Gasteiger partial charge in [-0.25, -0.2) is 0 Å². The highest BCUT2D eigenvalue weighted by atomic mass is 35.5. The van der Waals surface area contributed by atoms with Gasteiger partial charge in [0.2, 0.25) is 0 Å². The summed E-state index contributed by atoms with van der Waals surface area (Å²) in [5.41, 5.74) is 2.63. The molecule has 7 heteroatoms. The summed E-state index contributed by atoms with van der Waals surface area (Å²) >= 11 is 6.20. The SMILES string of the molecule is COc1ccc(/C(O)=C2/C(=O)C(=O)N(c3cccc(C)c3C)C2c2ccco2)cc1Cl. The van der Waals surface area contributed by atoms with E-state index in [0.717, 1.165) is 11.1 Å². The molecule has 1 unspecified atom stereocenters. The Morgan fingerprint density at radius 3 is 2.55 bits per heavy atom. The molecule has 1 atom stereocenters. The first kappa shape index (κ1) is 20.8. The third-order valence-corrected chi connectivity index (χ3v) is 5.81. The number of carbonyl (C=O) groups excluding carboxylic acids is 2. The number of nitrogens with zero attached hydrogens (tertiary/aromatic N) is 1. The highest BCUT2D eigenvalue weighted by Crippen LogP contribution is 2.44. The topological polar surface area (TPSA) is 80.0 Å². The second-order valence-corrected chi connectivity index (χ2v) is 7.66. The fourth-order valence-corrected chi connectivity index (χ4v) is 4.02. The number of methoxy groups -OCH3 is 1. The normalized spacial score (nSPS) is 17.9. The third kappa shape index (κ3) is 3.39. The molecule has 2 aromatic carbocycles. The molecule has 4 rings (SSSR count). The lowest BCUT2D eigenvalue weighted by Crippen LogP contribution is -2.30. The summed E-state index contributed by atoms with van der Waals surface area (Å²) in [6.45, 7) is 3.81. The van der Waals surface area contributed by atoms with E-state index >= 15 is 0 Å². The molecule has 6 nitrogen and oxygen atoms in total. The Bertz CT molecular complexity index is 1210. The zero-order valence-corrected chi connectivity index (χ0v) is 17.9. The van der Waals surface area contributed by atoms with E-state index in [2.05, 4.69) is 0 Å². The summed E-state index contributed by atoms with van der Waals surface area (Å²) in [4.78, 5) is 27.6. The molecule has 0 bridgehead atoms. The molecule has 2 heterocycles. The average Bonchev–Trinajstić information content (AvgIpc) is 3.37. The smallest absolute Gasteiger partial charge is 0.300 e. The molecule has 0 aliphatic carbocycles. The maximum atomic E-state index is 13.1. The molecule has 1 aliphatic heterocycles. The number of aryl methyl sites for hydroxylation is 1. The van der Waals surface area contributed by atoms with Crippen LogP contribution in [0.1, 0.15) is 28.5 Å². The number of amides is 1. The minimum atomic E-state index is -0.920. The summed E-state index contributed by atoms with van der Waals surface area (Å²) in [7, 11) is 1.48. The lowest BCUT2D eigenvalue weighted by molar-refractivity contribution is -0.132. The van der Waals surface area contributed by atoms with Gasteiger partial charge in [0.25, 0.3) is 11.7 Å². The molecule has 1 aromatic heterocycles. The Morgan fingerprint density at radius 1 is 1.13 bits per heavy atom. The van der Waals surface area contributed by atoms with Gasteiger partial charge in [-0.3, -0.25) is 14.5 Å². The molecule has 0 spiro atoms. The van der Waals surface area contributed by atoms with Crippen LogP contribution < -0.4 is 9.64 Å². The Balaban J connectivity index is 1.94. The van der Waals surface area contributed by atoms with Gasteiger partial charge >= 0.3 is 0 Å². The van der Waals surface area contributed by atoms with Crippen molar-refractivity contribution in [2.45, 2.75) is 19.9 Å². The van der Waals surface area contributed by atoms with Crippen molar-refractivity contribution in [3.63, 3.8) is 0 Å². The van der Waals surface area contributed by atoms with Crippen LogP contribution in [0, 0.1) is 13.8 Å². The molecule has 31 heavy (non-hydrogen) atoms. The number of Topliss-reactive ketones (excluding diaryl/α,β-unsaturated/α-hetero) is 1. The fourth-order valence-electron chi connectivity index (χ4n) is 3.76. The number of ketones is 1. The molecule has 1 amide bonds. The van der Waals surface area contributed by atoms with Crippen LogP contribution in [0.15, 0.2) is 64.8 Å². The number of rotatable bonds is 4. The van der Waals surface area contributed by atoms with Gasteiger partial charge in [-0.1, -0.05) is 23.7 Å². The van der Waals surface area contributed by atoms with Crippen LogP contribution in [0.3, 0.4) is 0 Å². The second kappa shape index (κ2) is 7.96. The first-order valence-corrected chi connectivity index (χ1v) is 9.97. The van der Waals surface area contributed by atoms with E-state index in [-0.39, 0.29) is 16.4 Å². The largest absolute Gasteiger partial charge is 0.507 e. The highest BCUT2D eigenvalue weighted by molar-refractivity contribution is 6.51. The van der Waals surface area contributed by atoms with Crippen molar-refractivity contribution in [2.24, 2.45) is 0 Å². The van der Waals surface area contributed by atoms with Crippen LogP contribution in [0.2, 0.25) is 5.02 Å². The number of aliphatic hydroxyl groups is 1. The fraction of sp³-hybridized carbons (Fsp3) is 0.167. The zero-order valence-electron chi connectivity index (χ0n) is 17.2. The van der Waals surface area contributed by atoms with E-state index in [9.17, 15) is 14.7 Å². The van der Waals surface area contributed by atoms with E-state index in [0.29, 0.717) is 22.8 Å². The molecular weight excluding hydrogens is 418 g/mol. The van der Waals surface area contributed by atoms with E-state index in [4.69, 9.17) is 20.8 Å². The number of carbonyl (C=O) groups is 2. The van der Waals surface area contributed by atoms with E-state index < -0.39 is 17.7 Å². The molecule has 1 saturated heterocycles. The van der Waals surface area contributed by atoms with Gasteiger partial charge in [0, 0.05) is 11.3 Å². The van der Waals surface area contributed by atoms with Gasteiger partial charge in [0.05, 0.1) is 24.0 Å². The van der Waals surface area contributed by atoms with E-state index in [1.165, 1.54) is 24.3 Å². The average molecular weight is 438 g/mol. The second-order valence-electron chi connectivity index (χ2n) is 7.25. The van der Waals surface area contributed by atoms with Gasteiger partial charge in [-0.2, -0.15) is 0 Å². The maximum Gasteiger partial charge on any atom is 0.300 e. The molecule has 3 aromatic rings. The van der Waals surface area contributed by atoms with E-state index in [1.54, 1.807) is 30.3 Å². The van der Waals surface area contributed by atoms with Crippen LogP contribution in [0.4, 0.5) is 5.69 Å². The Labute approximate surface area is 184 Å². The first-order chi connectivity index (χ1) is 14.8. The number of anilines is 1. The number of hydrogen-bond donors (Lipinski definition) is 1. The number of aliphatic hydroxyl groups excluding tert-OH is 1. The van der Waals surface area contributed by atoms with Crippen LogP contribution in [0.25, 0.3) is 5.76 Å². The van der Waals surface area contributed by atoms with Gasteiger partial charge in [-0.05, 0) is 61.4 Å². The van der Waals surface area contributed by atoms with Gasteiger partial charge in [0.1, 0.15) is 23.3 Å². The summed E-state index contributed by atoms with van der Waals surface area (Å²) in [6.07, 6.45) is 1.46. The van der Waals surface area contributed by atoms with Crippen molar-refractivity contribution in [3.8, 4) is 5.75 Å². The quantitative estimate of drug-likeness (QED) is 0.345. The number of halogens is 1. The lowest BCUT2D eigenvalue weighted by atomic mass is 9.98. The van der Waals surface area contributed by atoms with E-state index in [1.807, 2.05) is 26.0 Å². The molecule has 1 fully saturated rings. The minimum Gasteiger partial charge on any atom is -0.507 e. The van der Waals surface area contributed by atoms with Crippen LogP contribution in [-0.2, 0) is 9.59 Å². The Morgan fingerprint density at radius 2 is 1.90 bits per heavy atom. The third-order valence-electron chi connectivity index (χ3n) is 5.52. The Kier molecular flexibility index (Phi) is 5.33. The minimum absolute atomic E-state index is 0.0675. The van der Waals surface area contributed by atoms with Crippen LogP contribution >= 0.6 is 11.6 Å². The van der Waals surface area contributed by atoms with Crippen molar-refractivity contribution in [2.75, 3.05) is 12.0 Å². The first-order valence-electron chi connectivity index (χ1n) is 9.59. The van der Waals surface area contributed by atoms with Crippen molar-refractivity contribution in [1.29, 1.82) is 0 Å². The predicted molar refractivity (Wildman–Crippen MR) is 117 cm³/mol. The molecule has 0 radical (unpaired) electrons. The molecular formula is C24H20ClNO5. The van der Waals surface area contributed by atoms with Gasteiger partial charge in [0.15, 0.2) is 0 Å². The summed E-state index contributed by atoms with van der Waals surface area (Å²) in [6, 6.07) is 12.6. The van der Waals surface area contributed by atoms with Crippen LogP contribution in [-0.4, -0.2) is 23.9 Å². The van der Waals surface area contributed by atoms with Crippen molar-refractivity contribution < 1.29 is 23.8 Å². The molecule has 1 aliphatic rings. The molecule has 158 valence electrons. The zero-order chi connectivity index (χ0) is 22.3. The molecule has 1 N–H and O–H groups in total.